The van der Waals surface area contributed by atoms with Crippen molar-refractivity contribution in [3.63, 3.8) is 0 Å². The number of pyridine rings is 1. The molecule has 2 aromatic rings. The smallest absolute Gasteiger partial charge is 0.315 e. The standard InChI is InChI=1S/C20H24N4O3/c25-20(23-13-16-14-26-17-5-1-2-6-18(17)27-16)22-12-15-7-8-21-19(11-15)24-9-3-4-10-24/h1-2,5-8,11,16H,3-4,9-10,12-14H2,(H2,22,23,25). The fourth-order valence-corrected chi connectivity index (χ4v) is 3.30. The zero-order chi connectivity index (χ0) is 18.5. The van der Waals surface area contributed by atoms with Gasteiger partial charge in [0.25, 0.3) is 0 Å². The van der Waals surface area contributed by atoms with E-state index < -0.39 is 0 Å². The second-order valence-electron chi connectivity index (χ2n) is 6.78. The third-order valence-corrected chi connectivity index (χ3v) is 4.75. The minimum atomic E-state index is -0.225. The van der Waals surface area contributed by atoms with Crippen LogP contribution in [0.3, 0.4) is 0 Å². The van der Waals surface area contributed by atoms with Gasteiger partial charge in [-0.1, -0.05) is 12.1 Å². The number of nitrogens with one attached hydrogen (secondary N) is 2. The van der Waals surface area contributed by atoms with Gasteiger partial charge >= 0.3 is 6.03 Å². The van der Waals surface area contributed by atoms with Crippen molar-refractivity contribution >= 4 is 11.8 Å². The highest BCUT2D eigenvalue weighted by Gasteiger charge is 2.21. The van der Waals surface area contributed by atoms with Gasteiger partial charge in [-0.3, -0.25) is 0 Å². The molecule has 2 aliphatic heterocycles. The van der Waals surface area contributed by atoms with E-state index in [1.165, 1.54) is 12.8 Å². The van der Waals surface area contributed by atoms with Gasteiger partial charge in [-0.25, -0.2) is 9.78 Å². The van der Waals surface area contributed by atoms with E-state index in [0.717, 1.165) is 30.2 Å². The molecule has 1 aromatic heterocycles. The molecule has 1 aromatic carbocycles. The minimum absolute atomic E-state index is 0.201. The lowest BCUT2D eigenvalue weighted by Crippen LogP contribution is -2.44. The van der Waals surface area contributed by atoms with Gasteiger partial charge in [0, 0.05) is 25.8 Å². The van der Waals surface area contributed by atoms with Crippen LogP contribution in [0.4, 0.5) is 10.6 Å². The monoisotopic (exact) mass is 368 g/mol. The Kier molecular flexibility index (Phi) is 5.27. The fraction of sp³-hybridized carbons (Fsp3) is 0.400. The Morgan fingerprint density at radius 2 is 1.96 bits per heavy atom. The number of carbonyl (C=O) groups excluding carboxylic acids is 1. The highest BCUT2D eigenvalue weighted by molar-refractivity contribution is 5.73. The van der Waals surface area contributed by atoms with Crippen LogP contribution >= 0.6 is 0 Å². The third-order valence-electron chi connectivity index (χ3n) is 4.75. The number of aromatic nitrogens is 1. The van der Waals surface area contributed by atoms with E-state index in [2.05, 4.69) is 20.5 Å². The molecule has 2 amide bonds. The molecule has 0 saturated carbocycles. The molecular formula is C20H24N4O3. The van der Waals surface area contributed by atoms with Crippen LogP contribution in [-0.4, -0.2) is 43.4 Å². The lowest BCUT2D eigenvalue weighted by molar-refractivity contribution is 0.0918. The Balaban J connectivity index is 1.23. The van der Waals surface area contributed by atoms with Crippen LogP contribution in [0.15, 0.2) is 42.6 Å². The predicted molar refractivity (Wildman–Crippen MR) is 102 cm³/mol. The molecule has 0 spiro atoms. The number of rotatable bonds is 5. The van der Waals surface area contributed by atoms with Crippen molar-refractivity contribution in [3.8, 4) is 11.5 Å². The molecule has 0 aliphatic carbocycles. The first-order chi connectivity index (χ1) is 13.3. The number of carbonyl (C=O) groups is 1. The normalized spacial score (nSPS) is 18.2. The third kappa shape index (κ3) is 4.42. The van der Waals surface area contributed by atoms with E-state index in [0.29, 0.717) is 25.4 Å². The van der Waals surface area contributed by atoms with Gasteiger partial charge in [0.15, 0.2) is 17.6 Å². The number of hydrogen-bond acceptors (Lipinski definition) is 5. The summed E-state index contributed by atoms with van der Waals surface area (Å²) in [5.74, 6) is 2.44. The average molecular weight is 368 g/mol. The molecule has 0 bridgehead atoms. The highest BCUT2D eigenvalue weighted by Crippen LogP contribution is 2.30. The van der Waals surface area contributed by atoms with E-state index in [4.69, 9.17) is 9.47 Å². The number of amides is 2. The average Bonchev–Trinajstić information content (AvgIpc) is 3.26. The summed E-state index contributed by atoms with van der Waals surface area (Å²) in [4.78, 5) is 18.8. The van der Waals surface area contributed by atoms with Crippen molar-refractivity contribution in [2.45, 2.75) is 25.5 Å². The Morgan fingerprint density at radius 1 is 1.15 bits per heavy atom. The van der Waals surface area contributed by atoms with Crippen LogP contribution in [0.1, 0.15) is 18.4 Å². The molecule has 2 N–H and O–H groups in total. The molecule has 1 unspecified atom stereocenters. The first-order valence-electron chi connectivity index (χ1n) is 9.38. The Morgan fingerprint density at radius 3 is 2.81 bits per heavy atom. The zero-order valence-corrected chi connectivity index (χ0v) is 15.2. The molecule has 3 heterocycles. The molecule has 27 heavy (non-hydrogen) atoms. The number of urea groups is 1. The first kappa shape index (κ1) is 17.5. The molecule has 0 radical (unpaired) electrons. The van der Waals surface area contributed by atoms with Crippen LogP contribution in [0.25, 0.3) is 0 Å². The molecule has 142 valence electrons. The van der Waals surface area contributed by atoms with Crippen LogP contribution in [0.2, 0.25) is 0 Å². The lowest BCUT2D eigenvalue weighted by atomic mass is 10.2. The summed E-state index contributed by atoms with van der Waals surface area (Å²) < 4.78 is 11.5. The summed E-state index contributed by atoms with van der Waals surface area (Å²) in [6.45, 7) is 3.37. The van der Waals surface area contributed by atoms with Crippen molar-refractivity contribution in [1.29, 1.82) is 0 Å². The van der Waals surface area contributed by atoms with Gasteiger partial charge in [0.05, 0.1) is 6.54 Å². The van der Waals surface area contributed by atoms with Gasteiger partial charge in [0.2, 0.25) is 0 Å². The minimum Gasteiger partial charge on any atom is -0.486 e. The Bertz CT molecular complexity index is 792. The summed E-state index contributed by atoms with van der Waals surface area (Å²) >= 11 is 0. The maximum Gasteiger partial charge on any atom is 0.315 e. The van der Waals surface area contributed by atoms with Gasteiger partial charge < -0.3 is 25.0 Å². The highest BCUT2D eigenvalue weighted by atomic mass is 16.6. The van der Waals surface area contributed by atoms with Crippen LogP contribution < -0.4 is 25.0 Å². The number of benzene rings is 1. The molecule has 4 rings (SSSR count). The largest absolute Gasteiger partial charge is 0.486 e. The van der Waals surface area contributed by atoms with Crippen LogP contribution in [0, 0.1) is 0 Å². The number of para-hydroxylation sites is 2. The summed E-state index contributed by atoms with van der Waals surface area (Å²) in [6, 6.07) is 11.3. The van der Waals surface area contributed by atoms with Crippen molar-refractivity contribution in [2.75, 3.05) is 31.1 Å². The topological polar surface area (TPSA) is 75.7 Å². The van der Waals surface area contributed by atoms with E-state index in [9.17, 15) is 4.79 Å². The molecule has 1 saturated heterocycles. The summed E-state index contributed by atoms with van der Waals surface area (Å²) in [5.41, 5.74) is 1.04. The summed E-state index contributed by atoms with van der Waals surface area (Å²) in [7, 11) is 0. The Labute approximate surface area is 158 Å². The molecule has 7 nitrogen and oxygen atoms in total. The number of hydrogen-bond donors (Lipinski definition) is 2. The maximum absolute atomic E-state index is 12.1. The quantitative estimate of drug-likeness (QED) is 0.847. The predicted octanol–water partition coefficient (Wildman–Crippen LogP) is 2.32. The second-order valence-corrected chi connectivity index (χ2v) is 6.78. The second kappa shape index (κ2) is 8.16. The number of nitrogens with zero attached hydrogens (tertiary/aromatic N) is 2. The number of ether oxygens (including phenoxy) is 2. The summed E-state index contributed by atoms with van der Waals surface area (Å²) in [5, 5.41) is 5.72. The molecule has 2 aliphatic rings. The Hall–Kier alpha value is -2.96. The fourth-order valence-electron chi connectivity index (χ4n) is 3.30. The van der Waals surface area contributed by atoms with Gasteiger partial charge in [-0.2, -0.15) is 0 Å². The molecule has 7 heteroatoms. The van der Waals surface area contributed by atoms with Crippen molar-refractivity contribution < 1.29 is 14.3 Å². The van der Waals surface area contributed by atoms with Gasteiger partial charge in [-0.05, 0) is 42.7 Å². The molecule has 1 atom stereocenters. The zero-order valence-electron chi connectivity index (χ0n) is 15.2. The maximum atomic E-state index is 12.1. The van der Waals surface area contributed by atoms with Crippen LogP contribution in [0.5, 0.6) is 11.5 Å². The van der Waals surface area contributed by atoms with Crippen molar-refractivity contribution in [2.24, 2.45) is 0 Å². The van der Waals surface area contributed by atoms with E-state index >= 15 is 0 Å². The van der Waals surface area contributed by atoms with Crippen LogP contribution in [-0.2, 0) is 6.54 Å². The molecule has 1 fully saturated rings. The first-order valence-corrected chi connectivity index (χ1v) is 9.38. The van der Waals surface area contributed by atoms with Gasteiger partial charge in [0.1, 0.15) is 12.4 Å². The van der Waals surface area contributed by atoms with Crippen molar-refractivity contribution in [1.82, 2.24) is 15.6 Å². The van der Waals surface area contributed by atoms with E-state index in [1.807, 2.05) is 36.4 Å². The van der Waals surface area contributed by atoms with Gasteiger partial charge in [-0.15, -0.1) is 0 Å². The SMILES string of the molecule is O=C(NCc1ccnc(N2CCCC2)c1)NCC1COc2ccccc2O1. The number of fused-ring (bicyclic) bond motifs is 1. The molecular weight excluding hydrogens is 344 g/mol. The number of anilines is 1. The summed E-state index contributed by atoms with van der Waals surface area (Å²) in [6.07, 6.45) is 4.02. The lowest BCUT2D eigenvalue weighted by Gasteiger charge is -2.26. The van der Waals surface area contributed by atoms with E-state index in [1.54, 1.807) is 6.20 Å². The van der Waals surface area contributed by atoms with Crippen molar-refractivity contribution in [3.05, 3.63) is 48.2 Å². The van der Waals surface area contributed by atoms with E-state index in [-0.39, 0.29) is 12.1 Å².